The summed E-state index contributed by atoms with van der Waals surface area (Å²) in [5.74, 6) is 0. The molecule has 1 N–H and O–H groups in total. The van der Waals surface area contributed by atoms with E-state index >= 15 is 0 Å². The zero-order chi connectivity index (χ0) is 13.3. The van der Waals surface area contributed by atoms with Crippen LogP contribution in [-0.4, -0.2) is 33.7 Å². The van der Waals surface area contributed by atoms with Crippen molar-refractivity contribution in [3.8, 4) is 0 Å². The van der Waals surface area contributed by atoms with Crippen LogP contribution in [-0.2, 0) is 11.2 Å². The molecule has 3 rings (SSSR count). The molecule has 2 aliphatic rings. The van der Waals surface area contributed by atoms with Crippen molar-refractivity contribution in [3.05, 3.63) is 18.0 Å². The first-order valence-corrected chi connectivity index (χ1v) is 7.51. The zero-order valence-electron chi connectivity index (χ0n) is 11.7. The van der Waals surface area contributed by atoms with E-state index in [1.807, 2.05) is 6.07 Å². The predicted molar refractivity (Wildman–Crippen MR) is 73.0 cm³/mol. The van der Waals surface area contributed by atoms with E-state index in [-0.39, 0.29) is 5.60 Å². The molecule has 4 nitrogen and oxygen atoms in total. The van der Waals surface area contributed by atoms with Gasteiger partial charge in [-0.25, -0.2) is 0 Å². The van der Waals surface area contributed by atoms with Gasteiger partial charge in [-0.05, 0) is 38.2 Å². The molecular formula is C15H24N2O2. The van der Waals surface area contributed by atoms with E-state index in [9.17, 15) is 5.11 Å². The highest BCUT2D eigenvalue weighted by molar-refractivity contribution is 5.06. The molecule has 2 fully saturated rings. The third-order valence-corrected chi connectivity index (χ3v) is 4.98. The molecule has 19 heavy (non-hydrogen) atoms. The molecule has 1 heterocycles. The predicted octanol–water partition coefficient (Wildman–Crippen LogP) is 2.47. The van der Waals surface area contributed by atoms with Crippen molar-refractivity contribution < 1.29 is 9.84 Å². The van der Waals surface area contributed by atoms with Gasteiger partial charge in [0.25, 0.3) is 0 Å². The minimum Gasteiger partial charge on any atom is -0.390 e. The van der Waals surface area contributed by atoms with Gasteiger partial charge in [-0.1, -0.05) is 12.8 Å². The molecule has 0 bridgehead atoms. The minimum absolute atomic E-state index is 0.308. The first-order valence-electron chi connectivity index (χ1n) is 7.51. The smallest absolute Gasteiger partial charge is 0.0940 e. The van der Waals surface area contributed by atoms with E-state index in [1.54, 1.807) is 7.11 Å². The van der Waals surface area contributed by atoms with Crippen LogP contribution in [0.5, 0.6) is 0 Å². The number of hydrogen-bond donors (Lipinski definition) is 1. The highest BCUT2D eigenvalue weighted by atomic mass is 16.5. The van der Waals surface area contributed by atoms with Crippen molar-refractivity contribution >= 4 is 0 Å². The maximum Gasteiger partial charge on any atom is 0.0940 e. The first kappa shape index (κ1) is 13.1. The number of rotatable bonds is 5. The van der Waals surface area contributed by atoms with Gasteiger partial charge in [-0.15, -0.1) is 0 Å². The third-order valence-electron chi connectivity index (χ3n) is 4.98. The van der Waals surface area contributed by atoms with Crippen LogP contribution in [0, 0.1) is 0 Å². The second-order valence-electron chi connectivity index (χ2n) is 6.07. The lowest BCUT2D eigenvalue weighted by Gasteiger charge is -2.44. The normalized spacial score (nSPS) is 24.3. The lowest BCUT2D eigenvalue weighted by Crippen LogP contribution is -2.50. The molecule has 4 heteroatoms. The molecule has 0 aliphatic heterocycles. The number of aliphatic hydroxyl groups is 1. The van der Waals surface area contributed by atoms with Crippen LogP contribution >= 0.6 is 0 Å². The van der Waals surface area contributed by atoms with E-state index in [2.05, 4.69) is 16.0 Å². The zero-order valence-corrected chi connectivity index (χ0v) is 11.7. The highest BCUT2D eigenvalue weighted by Gasteiger charge is 2.43. The monoisotopic (exact) mass is 264 g/mol. The molecule has 0 aromatic carbocycles. The summed E-state index contributed by atoms with van der Waals surface area (Å²) >= 11 is 0. The second kappa shape index (κ2) is 5.25. The van der Waals surface area contributed by atoms with Gasteiger partial charge in [0.05, 0.1) is 23.4 Å². The Hall–Kier alpha value is -0.870. The summed E-state index contributed by atoms with van der Waals surface area (Å²) < 4.78 is 7.62. The van der Waals surface area contributed by atoms with E-state index in [1.165, 1.54) is 25.7 Å². The van der Waals surface area contributed by atoms with Gasteiger partial charge in [0.2, 0.25) is 0 Å². The largest absolute Gasteiger partial charge is 0.390 e. The van der Waals surface area contributed by atoms with Crippen LogP contribution in [0.25, 0.3) is 0 Å². The second-order valence-corrected chi connectivity index (χ2v) is 6.07. The Kier molecular flexibility index (Phi) is 3.63. The quantitative estimate of drug-likeness (QED) is 0.888. The maximum atomic E-state index is 10.4. The number of ether oxygens (including phenoxy) is 1. The fourth-order valence-electron chi connectivity index (χ4n) is 3.44. The van der Waals surface area contributed by atoms with Gasteiger partial charge < -0.3 is 9.84 Å². The third kappa shape index (κ3) is 2.43. The van der Waals surface area contributed by atoms with Crippen molar-refractivity contribution in [2.45, 2.75) is 69.1 Å². The summed E-state index contributed by atoms with van der Waals surface area (Å²) in [6.07, 6.45) is 10.4. The topological polar surface area (TPSA) is 47.3 Å². The summed E-state index contributed by atoms with van der Waals surface area (Å²) in [5.41, 5.74) is 0.680. The number of nitrogens with zero attached hydrogens (tertiary/aromatic N) is 2. The van der Waals surface area contributed by atoms with Crippen LogP contribution in [0.15, 0.2) is 12.3 Å². The number of aliphatic hydroxyl groups excluding tert-OH is 1. The Morgan fingerprint density at radius 2 is 2.16 bits per heavy atom. The Morgan fingerprint density at radius 1 is 1.42 bits per heavy atom. The van der Waals surface area contributed by atoms with Crippen molar-refractivity contribution in [2.24, 2.45) is 0 Å². The van der Waals surface area contributed by atoms with Crippen molar-refractivity contribution in [2.75, 3.05) is 7.11 Å². The van der Waals surface area contributed by atoms with Crippen molar-refractivity contribution in [1.29, 1.82) is 0 Å². The molecule has 2 saturated carbocycles. The summed E-state index contributed by atoms with van der Waals surface area (Å²) in [7, 11) is 1.71. The van der Waals surface area contributed by atoms with Crippen LogP contribution < -0.4 is 0 Å². The molecule has 1 unspecified atom stereocenters. The molecule has 0 amide bonds. The van der Waals surface area contributed by atoms with Crippen LogP contribution in [0.3, 0.4) is 0 Å². The Balaban J connectivity index is 1.63. The molecule has 1 atom stereocenters. The average Bonchev–Trinajstić information content (AvgIpc) is 2.97. The molecule has 106 valence electrons. The van der Waals surface area contributed by atoms with Crippen molar-refractivity contribution in [3.63, 3.8) is 0 Å². The lowest BCUT2D eigenvalue weighted by molar-refractivity contribution is -0.148. The average molecular weight is 264 g/mol. The number of hydrogen-bond acceptors (Lipinski definition) is 3. The van der Waals surface area contributed by atoms with Gasteiger partial charge in [0.15, 0.2) is 0 Å². The van der Waals surface area contributed by atoms with Crippen LogP contribution in [0.2, 0.25) is 0 Å². The Morgan fingerprint density at radius 3 is 2.74 bits per heavy atom. The van der Waals surface area contributed by atoms with E-state index < -0.39 is 6.10 Å². The van der Waals surface area contributed by atoms with Gasteiger partial charge in [-0.2, -0.15) is 5.10 Å². The van der Waals surface area contributed by atoms with E-state index in [0.717, 1.165) is 25.0 Å². The van der Waals surface area contributed by atoms with Gasteiger partial charge in [0.1, 0.15) is 0 Å². The van der Waals surface area contributed by atoms with Crippen LogP contribution in [0.1, 0.15) is 56.7 Å². The Bertz CT molecular complexity index is 414. The minimum atomic E-state index is -0.432. The molecule has 0 spiro atoms. The maximum absolute atomic E-state index is 10.4. The molecule has 1 aromatic rings. The van der Waals surface area contributed by atoms with Gasteiger partial charge in [-0.3, -0.25) is 4.68 Å². The van der Waals surface area contributed by atoms with E-state index in [4.69, 9.17) is 4.74 Å². The number of methoxy groups -OCH3 is 1. The molecule has 1 aromatic heterocycles. The van der Waals surface area contributed by atoms with Crippen molar-refractivity contribution in [1.82, 2.24) is 9.78 Å². The molecule has 2 aliphatic carbocycles. The van der Waals surface area contributed by atoms with Gasteiger partial charge in [0, 0.05) is 19.7 Å². The first-order chi connectivity index (χ1) is 9.23. The Labute approximate surface area is 114 Å². The molecule has 0 saturated heterocycles. The fraction of sp³-hybridized carbons (Fsp3) is 0.800. The van der Waals surface area contributed by atoms with E-state index in [0.29, 0.717) is 12.5 Å². The number of aromatic nitrogens is 2. The summed E-state index contributed by atoms with van der Waals surface area (Å²) in [4.78, 5) is 0. The summed E-state index contributed by atoms with van der Waals surface area (Å²) in [6, 6.07) is 2.62. The SMILES string of the molecule is COC1(C(O)Cc2ccn(C3CCCC3)n2)CCC1. The van der Waals surface area contributed by atoms with Crippen LogP contribution in [0.4, 0.5) is 0 Å². The molecule has 0 radical (unpaired) electrons. The van der Waals surface area contributed by atoms with Gasteiger partial charge >= 0.3 is 0 Å². The molecular weight excluding hydrogens is 240 g/mol. The summed E-state index contributed by atoms with van der Waals surface area (Å²) in [6.45, 7) is 0. The standard InChI is InChI=1S/C15H24N2O2/c1-19-15(8-4-9-15)14(18)11-12-7-10-17(16-12)13-5-2-3-6-13/h7,10,13-14,18H,2-6,8-9,11H2,1H3. The fourth-order valence-corrected chi connectivity index (χ4v) is 3.44. The summed E-state index contributed by atoms with van der Waals surface area (Å²) in [5, 5.41) is 15.0. The highest BCUT2D eigenvalue weighted by Crippen LogP contribution is 2.39. The lowest BCUT2D eigenvalue weighted by atomic mass is 9.74.